The molecule has 0 aromatic carbocycles. The minimum Gasteiger partial charge on any atom is -0.444 e. The van der Waals surface area contributed by atoms with E-state index < -0.39 is 17.3 Å². The van der Waals surface area contributed by atoms with Crippen LogP contribution in [0.4, 0.5) is 19.6 Å². The van der Waals surface area contributed by atoms with E-state index in [4.69, 9.17) is 9.47 Å². The van der Waals surface area contributed by atoms with Crippen LogP contribution in [0.5, 0.6) is 0 Å². The highest BCUT2D eigenvalue weighted by Gasteiger charge is 2.23. The Labute approximate surface area is 208 Å². The zero-order chi connectivity index (χ0) is 24.1. The van der Waals surface area contributed by atoms with Crippen LogP contribution in [-0.2, 0) is 9.47 Å². The molecule has 174 valence electrons. The Morgan fingerprint density at radius 1 is 0.903 bits per heavy atom. The van der Waals surface area contributed by atoms with Gasteiger partial charge in [0.25, 0.3) is 0 Å². The second-order valence-corrected chi connectivity index (χ2v) is 12.9. The molecule has 2 aromatic heterocycles. The highest BCUT2D eigenvalue weighted by molar-refractivity contribution is 9.11. The molecule has 0 fully saturated rings. The molecule has 2 amide bonds. The third-order valence-corrected chi connectivity index (χ3v) is 6.31. The quantitative estimate of drug-likeness (QED) is 0.394. The summed E-state index contributed by atoms with van der Waals surface area (Å²) in [6.45, 7) is 14.7. The molecule has 2 aromatic rings. The minimum absolute atomic E-state index is 0.369. The van der Waals surface area contributed by atoms with Crippen molar-refractivity contribution in [3.05, 3.63) is 19.2 Å². The third kappa shape index (κ3) is 10.3. The van der Waals surface area contributed by atoms with Gasteiger partial charge in [0.2, 0.25) is 0 Å². The summed E-state index contributed by atoms with van der Waals surface area (Å²) in [5.41, 5.74) is 0.615. The fourth-order valence-corrected chi connectivity index (χ4v) is 4.86. The number of carbonyl (C=O) groups is 2. The average Bonchev–Trinajstić information content (AvgIpc) is 3.04. The Hall–Kier alpha value is -1.24. The first-order valence-corrected chi connectivity index (χ1v) is 12.4. The summed E-state index contributed by atoms with van der Waals surface area (Å²) in [5.74, 6) is 0. The number of hydrogen-bond donors (Lipinski definition) is 1. The van der Waals surface area contributed by atoms with Crippen LogP contribution in [0.25, 0.3) is 0 Å². The highest BCUT2D eigenvalue weighted by atomic mass is 79.9. The lowest BCUT2D eigenvalue weighted by atomic mass is 10.2. The number of rotatable bonds is 2. The predicted molar refractivity (Wildman–Crippen MR) is 134 cm³/mol. The molecule has 0 radical (unpaired) electrons. The van der Waals surface area contributed by atoms with Gasteiger partial charge in [-0.05, 0) is 87.2 Å². The van der Waals surface area contributed by atoms with Gasteiger partial charge in [0.1, 0.15) is 21.2 Å². The Morgan fingerprint density at radius 2 is 1.39 bits per heavy atom. The van der Waals surface area contributed by atoms with Crippen LogP contribution in [0.3, 0.4) is 0 Å². The van der Waals surface area contributed by atoms with Crippen molar-refractivity contribution >= 4 is 76.7 Å². The number of aromatic nitrogens is 2. The van der Waals surface area contributed by atoms with Gasteiger partial charge >= 0.3 is 12.2 Å². The van der Waals surface area contributed by atoms with Gasteiger partial charge in [-0.2, -0.15) is 0 Å². The number of carbonyl (C=O) groups excluding carboxylic acids is 2. The van der Waals surface area contributed by atoms with Crippen LogP contribution in [0, 0.1) is 13.8 Å². The van der Waals surface area contributed by atoms with Crippen LogP contribution in [0.15, 0.2) is 7.83 Å². The average molecular weight is 600 g/mol. The summed E-state index contributed by atoms with van der Waals surface area (Å²) in [6.07, 6.45) is -0.825. The minimum atomic E-state index is -0.486. The van der Waals surface area contributed by atoms with Crippen LogP contribution in [-0.4, -0.2) is 40.4 Å². The molecule has 1 N–H and O–H groups in total. The monoisotopic (exact) mass is 598 g/mol. The SMILES string of the molecule is Cc1nc(Br)sc1N(C)C(=O)OC(C)(C)C.Cc1nc(Br)sc1NC(=O)OC(C)(C)C. The van der Waals surface area contributed by atoms with Gasteiger partial charge in [0.05, 0.1) is 11.4 Å². The molecule has 31 heavy (non-hydrogen) atoms. The van der Waals surface area contributed by atoms with Crippen molar-refractivity contribution in [2.75, 3.05) is 17.3 Å². The first-order chi connectivity index (χ1) is 14.0. The van der Waals surface area contributed by atoms with Crippen molar-refractivity contribution in [2.45, 2.75) is 66.6 Å². The number of nitrogens with zero attached hydrogens (tertiary/aromatic N) is 3. The van der Waals surface area contributed by atoms with E-state index in [1.54, 1.807) is 7.05 Å². The molecular weight excluding hydrogens is 572 g/mol. The summed E-state index contributed by atoms with van der Waals surface area (Å²) < 4.78 is 11.9. The lowest BCUT2D eigenvalue weighted by Crippen LogP contribution is -2.34. The molecule has 2 heterocycles. The molecule has 12 heteroatoms. The van der Waals surface area contributed by atoms with E-state index in [0.717, 1.165) is 24.2 Å². The van der Waals surface area contributed by atoms with Crippen molar-refractivity contribution in [2.24, 2.45) is 0 Å². The topological polar surface area (TPSA) is 93.7 Å². The zero-order valence-electron chi connectivity index (χ0n) is 19.0. The number of aryl methyl sites for hydroxylation is 2. The number of ether oxygens (including phenoxy) is 2. The summed E-state index contributed by atoms with van der Waals surface area (Å²) in [5, 5.41) is 4.15. The van der Waals surface area contributed by atoms with Crippen LogP contribution >= 0.6 is 54.5 Å². The van der Waals surface area contributed by atoms with Gasteiger partial charge < -0.3 is 9.47 Å². The fraction of sp³-hybridized carbons (Fsp3) is 0.579. The second kappa shape index (κ2) is 11.1. The zero-order valence-corrected chi connectivity index (χ0v) is 23.9. The number of thiazole rings is 2. The molecule has 0 spiro atoms. The second-order valence-electron chi connectivity index (χ2n) is 8.40. The van der Waals surface area contributed by atoms with Crippen molar-refractivity contribution in [3.63, 3.8) is 0 Å². The standard InChI is InChI=1S/C10H15BrN2O2S.C9H13BrN2O2S/c1-6-7(16-8(11)12-6)13(5)9(14)15-10(2,3)4;1-5-6(15-7(10)11-5)12-8(13)14-9(2,3)4/h1-5H3;1-4H3,(H,12,13). The summed E-state index contributed by atoms with van der Waals surface area (Å²) in [4.78, 5) is 33.0. The lowest BCUT2D eigenvalue weighted by Gasteiger charge is -2.23. The van der Waals surface area contributed by atoms with E-state index in [-0.39, 0.29) is 6.09 Å². The third-order valence-electron chi connectivity index (χ3n) is 3.10. The Balaban J connectivity index is 0.000000311. The Bertz CT molecular complexity index is 917. The summed E-state index contributed by atoms with van der Waals surface area (Å²) in [6, 6.07) is 0. The maximum atomic E-state index is 11.8. The maximum absolute atomic E-state index is 11.8. The fourth-order valence-electron chi connectivity index (χ4n) is 1.96. The number of hydrogen-bond acceptors (Lipinski definition) is 8. The molecular formula is C19H28Br2N4O4S2. The molecule has 0 unspecified atom stereocenters. The van der Waals surface area contributed by atoms with Crippen molar-refractivity contribution in [1.29, 1.82) is 0 Å². The van der Waals surface area contributed by atoms with Crippen LogP contribution in [0.2, 0.25) is 0 Å². The number of nitrogens with one attached hydrogen (secondary N) is 1. The van der Waals surface area contributed by atoms with E-state index in [1.807, 2.05) is 55.4 Å². The first kappa shape index (κ1) is 27.8. The van der Waals surface area contributed by atoms with Crippen LogP contribution < -0.4 is 10.2 Å². The Kier molecular flexibility index (Phi) is 9.92. The van der Waals surface area contributed by atoms with E-state index >= 15 is 0 Å². The molecule has 0 aliphatic carbocycles. The molecule has 2 rings (SSSR count). The molecule has 8 nitrogen and oxygen atoms in total. The van der Waals surface area contributed by atoms with Gasteiger partial charge in [-0.25, -0.2) is 19.6 Å². The van der Waals surface area contributed by atoms with Gasteiger partial charge in [-0.3, -0.25) is 10.2 Å². The molecule has 0 aliphatic heterocycles. The normalized spacial score (nSPS) is 11.3. The molecule has 0 atom stereocenters. The molecule has 0 bridgehead atoms. The molecule has 0 saturated carbocycles. The van der Waals surface area contributed by atoms with E-state index in [0.29, 0.717) is 5.00 Å². The van der Waals surface area contributed by atoms with E-state index in [1.165, 1.54) is 27.6 Å². The van der Waals surface area contributed by atoms with Gasteiger partial charge in [0, 0.05) is 7.05 Å². The predicted octanol–water partition coefficient (Wildman–Crippen LogP) is 7.15. The highest BCUT2D eigenvalue weighted by Crippen LogP contribution is 2.31. The van der Waals surface area contributed by atoms with Gasteiger partial charge in [-0.1, -0.05) is 22.7 Å². The summed E-state index contributed by atoms with van der Waals surface area (Å²) in [7, 11) is 1.68. The maximum Gasteiger partial charge on any atom is 0.415 e. The number of amides is 2. The smallest absolute Gasteiger partial charge is 0.415 e. The first-order valence-electron chi connectivity index (χ1n) is 9.21. The van der Waals surface area contributed by atoms with E-state index in [2.05, 4.69) is 47.1 Å². The lowest BCUT2D eigenvalue weighted by molar-refractivity contribution is 0.0587. The largest absolute Gasteiger partial charge is 0.444 e. The van der Waals surface area contributed by atoms with E-state index in [9.17, 15) is 9.59 Å². The number of halogens is 2. The number of anilines is 2. The van der Waals surface area contributed by atoms with Gasteiger partial charge in [0.15, 0.2) is 7.83 Å². The Morgan fingerprint density at radius 3 is 1.77 bits per heavy atom. The van der Waals surface area contributed by atoms with Gasteiger partial charge in [-0.15, -0.1) is 0 Å². The molecule has 0 aliphatic rings. The summed E-state index contributed by atoms with van der Waals surface area (Å²) >= 11 is 9.31. The molecule has 0 saturated heterocycles. The van der Waals surface area contributed by atoms with Crippen molar-refractivity contribution in [1.82, 2.24) is 9.97 Å². The van der Waals surface area contributed by atoms with Crippen LogP contribution in [0.1, 0.15) is 52.9 Å². The van der Waals surface area contributed by atoms with Crippen molar-refractivity contribution in [3.8, 4) is 0 Å². The van der Waals surface area contributed by atoms with Crippen molar-refractivity contribution < 1.29 is 19.1 Å².